The van der Waals surface area contributed by atoms with Crippen LogP contribution in [0.1, 0.15) is 18.1 Å². The van der Waals surface area contributed by atoms with Gasteiger partial charge in [0.1, 0.15) is 5.54 Å². The summed E-state index contributed by atoms with van der Waals surface area (Å²) < 4.78 is 0.856. The summed E-state index contributed by atoms with van der Waals surface area (Å²) in [5, 5.41) is 3.41. The summed E-state index contributed by atoms with van der Waals surface area (Å²) in [6.45, 7) is 1.93. The molecule has 1 aliphatic heterocycles. The molecule has 1 saturated heterocycles. The van der Waals surface area contributed by atoms with Crippen LogP contribution < -0.4 is 5.32 Å². The third kappa shape index (κ3) is 2.99. The van der Waals surface area contributed by atoms with Crippen molar-refractivity contribution in [3.05, 3.63) is 69.2 Å². The number of halogens is 2. The molecule has 0 aliphatic carbocycles. The number of hydrogen-bond acceptors (Lipinski definition) is 2. The second kappa shape index (κ2) is 5.98. The Kier molecular flexibility index (Phi) is 4.17. The van der Waals surface area contributed by atoms with Crippen LogP contribution >= 0.6 is 27.5 Å². The number of amides is 3. The average molecular weight is 394 g/mol. The lowest BCUT2D eigenvalue weighted by Gasteiger charge is -2.22. The fourth-order valence-electron chi connectivity index (χ4n) is 2.61. The summed E-state index contributed by atoms with van der Waals surface area (Å²) in [6.07, 6.45) is 0. The molecular weight excluding hydrogens is 380 g/mol. The van der Waals surface area contributed by atoms with Gasteiger partial charge in [0.15, 0.2) is 0 Å². The second-order valence-electron chi connectivity index (χ2n) is 5.58. The van der Waals surface area contributed by atoms with Crippen LogP contribution in [0.4, 0.5) is 4.79 Å². The Bertz CT molecular complexity index is 778. The molecule has 0 spiro atoms. The largest absolute Gasteiger partial charge is 0.325 e. The van der Waals surface area contributed by atoms with E-state index in [1.807, 2.05) is 24.3 Å². The maximum atomic E-state index is 12.8. The lowest BCUT2D eigenvalue weighted by Crippen LogP contribution is -2.40. The Labute approximate surface area is 147 Å². The Morgan fingerprint density at radius 3 is 2.52 bits per heavy atom. The molecule has 0 saturated carbocycles. The van der Waals surface area contributed by atoms with Gasteiger partial charge in [0.05, 0.1) is 6.54 Å². The first-order valence-corrected chi connectivity index (χ1v) is 8.22. The molecule has 1 aliphatic rings. The van der Waals surface area contributed by atoms with Gasteiger partial charge in [-0.1, -0.05) is 51.8 Å². The summed E-state index contributed by atoms with van der Waals surface area (Å²) in [5.74, 6) is -0.268. The number of nitrogens with one attached hydrogen (secondary N) is 1. The minimum atomic E-state index is -1.06. The van der Waals surface area contributed by atoms with E-state index in [1.54, 1.807) is 31.2 Å². The van der Waals surface area contributed by atoms with Crippen LogP contribution in [0, 0.1) is 0 Å². The molecule has 118 valence electrons. The van der Waals surface area contributed by atoms with Gasteiger partial charge in [0, 0.05) is 9.50 Å². The molecule has 0 aromatic heterocycles. The van der Waals surface area contributed by atoms with Crippen LogP contribution in [-0.2, 0) is 16.9 Å². The molecule has 4 nitrogen and oxygen atoms in total. The number of benzene rings is 2. The van der Waals surface area contributed by atoms with E-state index in [1.165, 1.54) is 4.90 Å². The van der Waals surface area contributed by atoms with E-state index in [2.05, 4.69) is 21.2 Å². The molecular formula is C17H14BrClN2O2. The molecule has 3 rings (SSSR count). The number of nitrogens with zero attached hydrogens (tertiary/aromatic N) is 1. The van der Waals surface area contributed by atoms with Crippen LogP contribution in [-0.4, -0.2) is 16.8 Å². The Balaban J connectivity index is 1.89. The summed E-state index contributed by atoms with van der Waals surface area (Å²) in [5.41, 5.74) is 0.521. The third-order valence-electron chi connectivity index (χ3n) is 3.93. The zero-order valence-corrected chi connectivity index (χ0v) is 14.7. The van der Waals surface area contributed by atoms with E-state index in [0.29, 0.717) is 5.02 Å². The Morgan fingerprint density at radius 2 is 1.87 bits per heavy atom. The van der Waals surface area contributed by atoms with Crippen molar-refractivity contribution in [3.8, 4) is 0 Å². The molecule has 3 amide bonds. The predicted molar refractivity (Wildman–Crippen MR) is 92.0 cm³/mol. The number of hydrogen-bond donors (Lipinski definition) is 1. The van der Waals surface area contributed by atoms with E-state index in [-0.39, 0.29) is 12.5 Å². The van der Waals surface area contributed by atoms with Crippen molar-refractivity contribution < 1.29 is 9.59 Å². The van der Waals surface area contributed by atoms with Crippen LogP contribution in [0.3, 0.4) is 0 Å². The number of imide groups is 1. The van der Waals surface area contributed by atoms with Gasteiger partial charge in [-0.2, -0.15) is 0 Å². The maximum absolute atomic E-state index is 12.8. The van der Waals surface area contributed by atoms with Crippen LogP contribution in [0.25, 0.3) is 0 Å². The van der Waals surface area contributed by atoms with E-state index < -0.39 is 11.6 Å². The number of urea groups is 1. The van der Waals surface area contributed by atoms with E-state index >= 15 is 0 Å². The van der Waals surface area contributed by atoms with E-state index in [0.717, 1.165) is 15.6 Å². The molecule has 2 aromatic rings. The summed E-state index contributed by atoms with van der Waals surface area (Å²) >= 11 is 9.26. The first kappa shape index (κ1) is 16.0. The smallest absolute Gasteiger partial charge is 0.319 e. The molecule has 1 atom stereocenters. The molecule has 1 fully saturated rings. The van der Waals surface area contributed by atoms with Crippen LogP contribution in [0.5, 0.6) is 0 Å². The van der Waals surface area contributed by atoms with Crippen molar-refractivity contribution in [2.24, 2.45) is 0 Å². The van der Waals surface area contributed by atoms with Crippen molar-refractivity contribution in [3.63, 3.8) is 0 Å². The Morgan fingerprint density at radius 1 is 1.17 bits per heavy atom. The lowest BCUT2D eigenvalue weighted by atomic mass is 9.92. The van der Waals surface area contributed by atoms with Gasteiger partial charge >= 0.3 is 6.03 Å². The molecule has 0 bridgehead atoms. The minimum Gasteiger partial charge on any atom is -0.319 e. The van der Waals surface area contributed by atoms with E-state index in [4.69, 9.17) is 11.6 Å². The highest BCUT2D eigenvalue weighted by atomic mass is 79.9. The lowest BCUT2D eigenvalue weighted by molar-refractivity contribution is -0.131. The fraction of sp³-hybridized carbons (Fsp3) is 0.176. The molecule has 0 unspecified atom stereocenters. The monoisotopic (exact) mass is 392 g/mol. The van der Waals surface area contributed by atoms with Crippen molar-refractivity contribution in [2.75, 3.05) is 0 Å². The van der Waals surface area contributed by atoms with Gasteiger partial charge in [-0.15, -0.1) is 0 Å². The number of carbonyl (C=O) groups is 2. The SMILES string of the molecule is C[C@@]1(c2cccc(Br)c2)NC(=O)N(Cc2ccc(Cl)cc2)C1=O. The quantitative estimate of drug-likeness (QED) is 0.799. The first-order valence-electron chi connectivity index (χ1n) is 7.05. The van der Waals surface area contributed by atoms with Gasteiger partial charge < -0.3 is 5.32 Å². The minimum absolute atomic E-state index is 0.214. The predicted octanol–water partition coefficient (Wildman–Crippen LogP) is 4.07. The zero-order chi connectivity index (χ0) is 16.6. The van der Waals surface area contributed by atoms with Gasteiger partial charge in [-0.3, -0.25) is 9.69 Å². The zero-order valence-electron chi connectivity index (χ0n) is 12.3. The number of rotatable bonds is 3. The topological polar surface area (TPSA) is 49.4 Å². The molecule has 0 radical (unpaired) electrons. The molecule has 2 aromatic carbocycles. The average Bonchev–Trinajstić information content (AvgIpc) is 2.74. The number of carbonyl (C=O) groups excluding carboxylic acids is 2. The van der Waals surface area contributed by atoms with Crippen molar-refractivity contribution in [1.82, 2.24) is 10.2 Å². The van der Waals surface area contributed by atoms with Crippen LogP contribution in [0.15, 0.2) is 53.0 Å². The second-order valence-corrected chi connectivity index (χ2v) is 6.94. The maximum Gasteiger partial charge on any atom is 0.325 e. The fourth-order valence-corrected chi connectivity index (χ4v) is 3.13. The highest BCUT2D eigenvalue weighted by Crippen LogP contribution is 2.31. The van der Waals surface area contributed by atoms with Gasteiger partial charge in [-0.05, 0) is 42.3 Å². The van der Waals surface area contributed by atoms with Crippen molar-refractivity contribution >= 4 is 39.5 Å². The highest BCUT2D eigenvalue weighted by molar-refractivity contribution is 9.10. The van der Waals surface area contributed by atoms with Gasteiger partial charge in [0.25, 0.3) is 5.91 Å². The van der Waals surface area contributed by atoms with Crippen molar-refractivity contribution in [2.45, 2.75) is 19.0 Å². The first-order chi connectivity index (χ1) is 10.9. The molecule has 1 heterocycles. The summed E-state index contributed by atoms with van der Waals surface area (Å²) in [6, 6.07) is 14.1. The Hall–Kier alpha value is -1.85. The van der Waals surface area contributed by atoms with Gasteiger partial charge in [-0.25, -0.2) is 4.79 Å². The standard InChI is InChI=1S/C17H14BrClN2O2/c1-17(12-3-2-4-13(18)9-12)15(22)21(16(23)20-17)10-11-5-7-14(19)8-6-11/h2-9H,10H2,1H3,(H,20,23)/t17-/m0/s1. The summed E-state index contributed by atoms with van der Waals surface area (Å²) in [4.78, 5) is 26.3. The molecule has 1 N–H and O–H groups in total. The highest BCUT2D eigenvalue weighted by Gasteiger charge is 2.48. The van der Waals surface area contributed by atoms with E-state index in [9.17, 15) is 9.59 Å². The summed E-state index contributed by atoms with van der Waals surface area (Å²) in [7, 11) is 0. The molecule has 6 heteroatoms. The van der Waals surface area contributed by atoms with Crippen LogP contribution in [0.2, 0.25) is 5.02 Å². The third-order valence-corrected chi connectivity index (χ3v) is 4.68. The normalized spacial score (nSPS) is 20.7. The van der Waals surface area contributed by atoms with Crippen molar-refractivity contribution in [1.29, 1.82) is 0 Å². The molecule has 23 heavy (non-hydrogen) atoms. The van der Waals surface area contributed by atoms with Gasteiger partial charge in [0.2, 0.25) is 0 Å².